The average molecular weight is 260 g/mol. The van der Waals surface area contributed by atoms with Gasteiger partial charge in [-0.3, -0.25) is 9.69 Å². The summed E-state index contributed by atoms with van der Waals surface area (Å²) in [5.74, 6) is 0.749. The molecule has 0 aliphatic rings. The quantitative estimate of drug-likeness (QED) is 0.728. The van der Waals surface area contributed by atoms with Crippen molar-refractivity contribution in [3.63, 3.8) is 0 Å². The highest BCUT2D eigenvalue weighted by molar-refractivity contribution is 7.18. The minimum absolute atomic E-state index is 0.166. The highest BCUT2D eigenvalue weighted by Gasteiger charge is 2.13. The molecule has 0 radical (unpaired) electrons. The second-order valence-electron chi connectivity index (χ2n) is 4.25. The lowest BCUT2D eigenvalue weighted by Gasteiger charge is -2.21. The van der Waals surface area contributed by atoms with Crippen LogP contribution in [-0.4, -0.2) is 30.3 Å². The van der Waals surface area contributed by atoms with E-state index >= 15 is 0 Å². The van der Waals surface area contributed by atoms with E-state index in [4.69, 9.17) is 11.6 Å². The van der Waals surface area contributed by atoms with Crippen LogP contribution in [-0.2, 0) is 0 Å². The highest BCUT2D eigenvalue weighted by atomic mass is 35.5. The Labute approximate surface area is 106 Å². The van der Waals surface area contributed by atoms with Crippen molar-refractivity contribution >= 4 is 28.7 Å². The fourth-order valence-electron chi connectivity index (χ4n) is 1.57. The molecule has 0 saturated carbocycles. The molecule has 1 aromatic rings. The van der Waals surface area contributed by atoms with Crippen LogP contribution in [0.1, 0.15) is 30.4 Å². The number of thiophene rings is 1. The first-order chi connectivity index (χ1) is 7.52. The molecule has 1 rings (SSSR count). The Balaban J connectivity index is 2.55. The Morgan fingerprint density at radius 2 is 2.19 bits per heavy atom. The minimum atomic E-state index is 0.166. The van der Waals surface area contributed by atoms with E-state index in [2.05, 4.69) is 25.7 Å². The van der Waals surface area contributed by atoms with Gasteiger partial charge in [0, 0.05) is 6.54 Å². The molecule has 4 heteroatoms. The van der Waals surface area contributed by atoms with E-state index in [1.54, 1.807) is 12.1 Å². The molecule has 0 N–H and O–H groups in total. The fraction of sp³-hybridized carbons (Fsp3) is 0.583. The van der Waals surface area contributed by atoms with Crippen molar-refractivity contribution in [3.8, 4) is 0 Å². The highest BCUT2D eigenvalue weighted by Crippen LogP contribution is 2.22. The molecule has 0 amide bonds. The maximum absolute atomic E-state index is 11.9. The Morgan fingerprint density at radius 1 is 1.50 bits per heavy atom. The van der Waals surface area contributed by atoms with Gasteiger partial charge in [-0.1, -0.05) is 32.4 Å². The van der Waals surface area contributed by atoms with Gasteiger partial charge in [0.15, 0.2) is 5.78 Å². The van der Waals surface area contributed by atoms with Gasteiger partial charge in [-0.25, -0.2) is 0 Å². The van der Waals surface area contributed by atoms with E-state index in [0.29, 0.717) is 16.8 Å². The molecule has 0 aromatic carbocycles. The molecular formula is C12H18ClNOS. The summed E-state index contributed by atoms with van der Waals surface area (Å²) in [6, 6.07) is 3.58. The third-order valence-corrected chi connectivity index (χ3v) is 3.56. The molecule has 90 valence electrons. The lowest BCUT2D eigenvalue weighted by atomic mass is 10.2. The van der Waals surface area contributed by atoms with Crippen molar-refractivity contribution in [1.29, 1.82) is 0 Å². The molecule has 0 unspecified atom stereocenters. The van der Waals surface area contributed by atoms with Gasteiger partial charge >= 0.3 is 0 Å². The van der Waals surface area contributed by atoms with Crippen LogP contribution in [0.15, 0.2) is 12.1 Å². The second-order valence-corrected chi connectivity index (χ2v) is 5.96. The van der Waals surface area contributed by atoms with Crippen LogP contribution in [0.3, 0.4) is 0 Å². The first-order valence-corrected chi connectivity index (χ1v) is 6.73. The minimum Gasteiger partial charge on any atom is -0.296 e. The smallest absolute Gasteiger partial charge is 0.186 e. The number of halogens is 1. The number of hydrogen-bond acceptors (Lipinski definition) is 3. The van der Waals surface area contributed by atoms with Crippen molar-refractivity contribution in [2.45, 2.75) is 20.8 Å². The summed E-state index contributed by atoms with van der Waals surface area (Å²) in [6.07, 6.45) is 0. The molecule has 0 saturated heterocycles. The number of nitrogens with zero attached hydrogens (tertiary/aromatic N) is 1. The predicted octanol–water partition coefficient (Wildman–Crippen LogP) is 3.56. The van der Waals surface area contributed by atoms with Gasteiger partial charge in [-0.15, -0.1) is 11.3 Å². The molecule has 0 spiro atoms. The van der Waals surface area contributed by atoms with E-state index in [1.165, 1.54) is 11.3 Å². The largest absolute Gasteiger partial charge is 0.296 e. The van der Waals surface area contributed by atoms with Gasteiger partial charge in [-0.2, -0.15) is 0 Å². The molecule has 16 heavy (non-hydrogen) atoms. The second kappa shape index (κ2) is 6.38. The summed E-state index contributed by atoms with van der Waals surface area (Å²) in [4.78, 5) is 14.8. The van der Waals surface area contributed by atoms with E-state index in [0.717, 1.165) is 18.0 Å². The van der Waals surface area contributed by atoms with E-state index in [9.17, 15) is 4.79 Å². The number of hydrogen-bond donors (Lipinski definition) is 0. The number of carbonyl (C=O) groups is 1. The molecule has 2 nitrogen and oxygen atoms in total. The summed E-state index contributed by atoms with van der Waals surface area (Å²) in [6.45, 7) is 8.76. The molecule has 1 heterocycles. The first-order valence-electron chi connectivity index (χ1n) is 5.53. The van der Waals surface area contributed by atoms with Crippen LogP contribution >= 0.6 is 22.9 Å². The molecule has 0 aliphatic carbocycles. The summed E-state index contributed by atoms with van der Waals surface area (Å²) in [5.41, 5.74) is 0. The van der Waals surface area contributed by atoms with Gasteiger partial charge < -0.3 is 0 Å². The third-order valence-electron chi connectivity index (χ3n) is 2.29. The standard InChI is InChI=1S/C12H18ClNOS/c1-4-14(7-9(2)3)8-10(15)11-5-6-12(13)16-11/h5-6,9H,4,7-8H2,1-3H3. The zero-order chi connectivity index (χ0) is 12.1. The SMILES string of the molecule is CCN(CC(=O)c1ccc(Cl)s1)CC(C)C. The lowest BCUT2D eigenvalue weighted by Crippen LogP contribution is -2.32. The normalized spacial score (nSPS) is 11.4. The van der Waals surface area contributed by atoms with Gasteiger partial charge in [-0.05, 0) is 24.6 Å². The van der Waals surface area contributed by atoms with Gasteiger partial charge in [0.25, 0.3) is 0 Å². The van der Waals surface area contributed by atoms with Crippen LogP contribution in [0.25, 0.3) is 0 Å². The van der Waals surface area contributed by atoms with E-state index in [1.807, 2.05) is 0 Å². The summed E-state index contributed by atoms with van der Waals surface area (Å²) >= 11 is 7.17. The van der Waals surface area contributed by atoms with Crippen molar-refractivity contribution in [3.05, 3.63) is 21.3 Å². The number of rotatable bonds is 6. The summed E-state index contributed by atoms with van der Waals surface area (Å²) < 4.78 is 0.676. The fourth-order valence-corrected chi connectivity index (χ4v) is 2.54. The average Bonchev–Trinajstić information content (AvgIpc) is 2.63. The number of Topliss-reactive ketones (excluding diaryl/α,β-unsaturated/α-hetero) is 1. The van der Waals surface area contributed by atoms with E-state index < -0.39 is 0 Å². The maximum Gasteiger partial charge on any atom is 0.186 e. The predicted molar refractivity (Wildman–Crippen MR) is 70.6 cm³/mol. The molecule has 1 aromatic heterocycles. The number of ketones is 1. The summed E-state index contributed by atoms with van der Waals surface area (Å²) in [7, 11) is 0. The van der Waals surface area contributed by atoms with E-state index in [-0.39, 0.29) is 5.78 Å². The van der Waals surface area contributed by atoms with Gasteiger partial charge in [0.05, 0.1) is 15.8 Å². The Bertz CT molecular complexity index is 349. The van der Waals surface area contributed by atoms with Crippen LogP contribution < -0.4 is 0 Å². The van der Waals surface area contributed by atoms with Gasteiger partial charge in [0.2, 0.25) is 0 Å². The zero-order valence-electron chi connectivity index (χ0n) is 10.00. The van der Waals surface area contributed by atoms with Crippen molar-refractivity contribution in [2.75, 3.05) is 19.6 Å². The maximum atomic E-state index is 11.9. The van der Waals surface area contributed by atoms with Gasteiger partial charge in [0.1, 0.15) is 0 Å². The Morgan fingerprint density at radius 3 is 2.62 bits per heavy atom. The zero-order valence-corrected chi connectivity index (χ0v) is 11.6. The third kappa shape index (κ3) is 4.24. The van der Waals surface area contributed by atoms with Crippen molar-refractivity contribution in [1.82, 2.24) is 4.90 Å². The monoisotopic (exact) mass is 259 g/mol. The molecule has 0 fully saturated rings. The molecular weight excluding hydrogens is 242 g/mol. The number of carbonyl (C=O) groups excluding carboxylic acids is 1. The molecule has 0 atom stereocenters. The van der Waals surface area contributed by atoms with Crippen LogP contribution in [0.5, 0.6) is 0 Å². The van der Waals surface area contributed by atoms with Crippen LogP contribution in [0.4, 0.5) is 0 Å². The molecule has 0 aliphatic heterocycles. The Hall–Kier alpha value is -0.380. The lowest BCUT2D eigenvalue weighted by molar-refractivity contribution is 0.0930. The van der Waals surface area contributed by atoms with Crippen LogP contribution in [0, 0.1) is 5.92 Å². The topological polar surface area (TPSA) is 20.3 Å². The van der Waals surface area contributed by atoms with Crippen molar-refractivity contribution < 1.29 is 4.79 Å². The number of likely N-dealkylation sites (N-methyl/N-ethyl adjacent to an activating group) is 1. The Kier molecular flexibility index (Phi) is 5.46. The van der Waals surface area contributed by atoms with Crippen molar-refractivity contribution in [2.24, 2.45) is 5.92 Å². The summed E-state index contributed by atoms with van der Waals surface area (Å²) in [5, 5.41) is 0. The first kappa shape index (κ1) is 13.7. The molecule has 0 bridgehead atoms. The van der Waals surface area contributed by atoms with Crippen LogP contribution in [0.2, 0.25) is 4.34 Å².